The SMILES string of the molecule is COC(C)(C)CCC[C@H](C)CC=CC(C)=C(C(=O)O)C(C)C. The van der Waals surface area contributed by atoms with Crippen molar-refractivity contribution in [3.05, 3.63) is 23.3 Å². The van der Waals surface area contributed by atoms with Gasteiger partial charge in [0, 0.05) is 12.7 Å². The molecule has 0 aliphatic carbocycles. The zero-order chi connectivity index (χ0) is 17.3. The maximum atomic E-state index is 11.2. The van der Waals surface area contributed by atoms with E-state index in [0.29, 0.717) is 11.5 Å². The van der Waals surface area contributed by atoms with E-state index in [0.717, 1.165) is 31.3 Å². The van der Waals surface area contributed by atoms with Crippen molar-refractivity contribution in [2.24, 2.45) is 11.8 Å². The van der Waals surface area contributed by atoms with Crippen molar-refractivity contribution in [2.75, 3.05) is 7.11 Å². The van der Waals surface area contributed by atoms with Gasteiger partial charge in [-0.2, -0.15) is 0 Å². The summed E-state index contributed by atoms with van der Waals surface area (Å²) in [6.07, 6.45) is 8.42. The highest BCUT2D eigenvalue weighted by Crippen LogP contribution is 2.21. The third-order valence-electron chi connectivity index (χ3n) is 4.17. The van der Waals surface area contributed by atoms with Crippen molar-refractivity contribution in [2.45, 2.75) is 72.8 Å². The molecule has 0 aromatic heterocycles. The minimum absolute atomic E-state index is 0.0378. The molecule has 0 amide bonds. The van der Waals surface area contributed by atoms with Crippen LogP contribution in [-0.2, 0) is 9.53 Å². The summed E-state index contributed by atoms with van der Waals surface area (Å²) in [6.45, 7) is 12.2. The highest BCUT2D eigenvalue weighted by Gasteiger charge is 2.16. The lowest BCUT2D eigenvalue weighted by molar-refractivity contribution is -0.133. The first-order valence-electron chi connectivity index (χ1n) is 8.26. The monoisotopic (exact) mass is 310 g/mol. The lowest BCUT2D eigenvalue weighted by atomic mass is 9.94. The van der Waals surface area contributed by atoms with Gasteiger partial charge in [0.25, 0.3) is 0 Å². The van der Waals surface area contributed by atoms with Gasteiger partial charge in [-0.3, -0.25) is 0 Å². The number of hydrogen-bond acceptors (Lipinski definition) is 2. The summed E-state index contributed by atoms with van der Waals surface area (Å²) in [5.41, 5.74) is 1.32. The molecule has 0 bridgehead atoms. The van der Waals surface area contributed by atoms with Crippen LogP contribution in [0.5, 0.6) is 0 Å². The van der Waals surface area contributed by atoms with Gasteiger partial charge in [-0.15, -0.1) is 0 Å². The van der Waals surface area contributed by atoms with Crippen molar-refractivity contribution in [3.63, 3.8) is 0 Å². The van der Waals surface area contributed by atoms with Crippen LogP contribution in [0, 0.1) is 11.8 Å². The van der Waals surface area contributed by atoms with E-state index in [1.807, 2.05) is 26.8 Å². The number of hydrogen-bond donors (Lipinski definition) is 1. The quantitative estimate of drug-likeness (QED) is 0.444. The number of carbonyl (C=O) groups is 1. The topological polar surface area (TPSA) is 46.5 Å². The van der Waals surface area contributed by atoms with E-state index >= 15 is 0 Å². The lowest BCUT2D eigenvalue weighted by Crippen LogP contribution is -2.22. The van der Waals surface area contributed by atoms with E-state index in [2.05, 4.69) is 26.8 Å². The summed E-state index contributed by atoms with van der Waals surface area (Å²) in [4.78, 5) is 11.2. The van der Waals surface area contributed by atoms with Crippen molar-refractivity contribution in [3.8, 4) is 0 Å². The fraction of sp³-hybridized carbons (Fsp3) is 0.737. The maximum absolute atomic E-state index is 11.2. The number of aliphatic carboxylic acids is 1. The first kappa shape index (κ1) is 20.9. The predicted molar refractivity (Wildman–Crippen MR) is 93.0 cm³/mol. The smallest absolute Gasteiger partial charge is 0.332 e. The summed E-state index contributed by atoms with van der Waals surface area (Å²) in [5, 5.41) is 9.23. The van der Waals surface area contributed by atoms with Gasteiger partial charge in [-0.1, -0.05) is 45.8 Å². The van der Waals surface area contributed by atoms with E-state index in [1.165, 1.54) is 0 Å². The second kappa shape index (κ2) is 9.83. The van der Waals surface area contributed by atoms with Crippen LogP contribution in [0.25, 0.3) is 0 Å². The standard InChI is InChI=1S/C19H34O3/c1-14(2)17(18(20)21)16(4)12-8-10-15(3)11-9-13-19(5,6)22-7/h8,12,14-15H,9-11,13H2,1-7H3,(H,20,21)/t15-/m1/s1. The van der Waals surface area contributed by atoms with E-state index in [9.17, 15) is 9.90 Å². The Balaban J connectivity index is 4.37. The van der Waals surface area contributed by atoms with Crippen LogP contribution in [0.1, 0.15) is 67.2 Å². The Morgan fingerprint density at radius 2 is 1.86 bits per heavy atom. The minimum Gasteiger partial charge on any atom is -0.478 e. The number of rotatable bonds is 10. The third-order valence-corrected chi connectivity index (χ3v) is 4.17. The van der Waals surface area contributed by atoms with Gasteiger partial charge in [0.15, 0.2) is 0 Å². The summed E-state index contributed by atoms with van der Waals surface area (Å²) >= 11 is 0. The van der Waals surface area contributed by atoms with Crippen molar-refractivity contribution < 1.29 is 14.6 Å². The number of ether oxygens (including phenoxy) is 1. The number of allylic oxidation sites excluding steroid dienone is 3. The van der Waals surface area contributed by atoms with Gasteiger partial charge < -0.3 is 9.84 Å². The molecule has 0 saturated heterocycles. The molecule has 0 heterocycles. The molecule has 22 heavy (non-hydrogen) atoms. The molecule has 128 valence electrons. The molecule has 0 rings (SSSR count). The first-order chi connectivity index (χ1) is 10.1. The van der Waals surface area contributed by atoms with Crippen LogP contribution in [0.4, 0.5) is 0 Å². The van der Waals surface area contributed by atoms with Gasteiger partial charge in [-0.25, -0.2) is 4.79 Å². The molecule has 0 aliphatic heterocycles. The second-order valence-corrected chi connectivity index (χ2v) is 7.16. The van der Waals surface area contributed by atoms with Gasteiger partial charge in [0.05, 0.1) is 5.60 Å². The average molecular weight is 310 g/mol. The molecule has 3 nitrogen and oxygen atoms in total. The first-order valence-corrected chi connectivity index (χ1v) is 8.26. The Morgan fingerprint density at radius 3 is 2.32 bits per heavy atom. The maximum Gasteiger partial charge on any atom is 0.332 e. The highest BCUT2D eigenvalue weighted by atomic mass is 16.5. The van der Waals surface area contributed by atoms with Gasteiger partial charge in [0.1, 0.15) is 0 Å². The van der Waals surface area contributed by atoms with Gasteiger partial charge in [-0.05, 0) is 51.0 Å². The Morgan fingerprint density at radius 1 is 1.27 bits per heavy atom. The van der Waals surface area contributed by atoms with Crippen LogP contribution in [-0.4, -0.2) is 23.8 Å². The van der Waals surface area contributed by atoms with Crippen LogP contribution < -0.4 is 0 Å². The number of carboxylic acid groups (broad SMARTS) is 1. The van der Waals surface area contributed by atoms with Crippen molar-refractivity contribution in [1.82, 2.24) is 0 Å². The molecule has 3 heteroatoms. The van der Waals surface area contributed by atoms with E-state index < -0.39 is 5.97 Å². The molecule has 1 atom stereocenters. The normalized spacial score (nSPS) is 15.3. The zero-order valence-corrected chi connectivity index (χ0v) is 15.4. The second-order valence-electron chi connectivity index (χ2n) is 7.16. The average Bonchev–Trinajstić information content (AvgIpc) is 2.37. The summed E-state index contributed by atoms with van der Waals surface area (Å²) in [5.74, 6) is -0.174. The number of methoxy groups -OCH3 is 1. The summed E-state index contributed by atoms with van der Waals surface area (Å²) in [7, 11) is 1.76. The molecular weight excluding hydrogens is 276 g/mol. The fourth-order valence-corrected chi connectivity index (χ4v) is 2.53. The Labute approximate surface area is 136 Å². The highest BCUT2D eigenvalue weighted by molar-refractivity contribution is 5.88. The molecule has 0 radical (unpaired) electrons. The van der Waals surface area contributed by atoms with Gasteiger partial charge >= 0.3 is 5.97 Å². The van der Waals surface area contributed by atoms with Crippen LogP contribution in [0.3, 0.4) is 0 Å². The minimum atomic E-state index is -0.813. The molecular formula is C19H34O3. The van der Waals surface area contributed by atoms with Crippen LogP contribution in [0.15, 0.2) is 23.3 Å². The van der Waals surface area contributed by atoms with E-state index in [-0.39, 0.29) is 11.5 Å². The third kappa shape index (κ3) is 8.38. The molecule has 0 saturated carbocycles. The molecule has 0 aliphatic rings. The fourth-order valence-electron chi connectivity index (χ4n) is 2.53. The summed E-state index contributed by atoms with van der Waals surface area (Å²) in [6, 6.07) is 0. The van der Waals surface area contributed by atoms with Crippen molar-refractivity contribution >= 4 is 5.97 Å². The predicted octanol–water partition coefficient (Wildman–Crippen LogP) is 5.22. The van der Waals surface area contributed by atoms with Crippen LogP contribution >= 0.6 is 0 Å². The van der Waals surface area contributed by atoms with Crippen LogP contribution in [0.2, 0.25) is 0 Å². The molecule has 0 spiro atoms. The molecule has 0 aromatic carbocycles. The molecule has 0 fully saturated rings. The van der Waals surface area contributed by atoms with E-state index in [4.69, 9.17) is 4.74 Å². The Hall–Kier alpha value is -1.09. The Kier molecular flexibility index (Phi) is 9.34. The van der Waals surface area contributed by atoms with E-state index in [1.54, 1.807) is 7.11 Å². The number of carboxylic acids is 1. The Bertz CT molecular complexity index is 403. The molecule has 1 N–H and O–H groups in total. The van der Waals surface area contributed by atoms with Crippen molar-refractivity contribution in [1.29, 1.82) is 0 Å². The molecule has 0 unspecified atom stereocenters. The molecule has 0 aromatic rings. The summed E-state index contributed by atoms with van der Waals surface area (Å²) < 4.78 is 5.43. The largest absolute Gasteiger partial charge is 0.478 e. The lowest BCUT2D eigenvalue weighted by Gasteiger charge is -2.23. The van der Waals surface area contributed by atoms with Gasteiger partial charge in [0.2, 0.25) is 0 Å². The zero-order valence-electron chi connectivity index (χ0n) is 15.4.